The largest absolute Gasteiger partial charge is 0.480 e. The number of carboxylic acid groups (broad SMARTS) is 1. The van der Waals surface area contributed by atoms with Crippen LogP contribution < -0.4 is 5.73 Å². The lowest BCUT2D eigenvalue weighted by atomic mass is 10.1. The highest BCUT2D eigenvalue weighted by molar-refractivity contribution is 5.73. The number of carbonyl (C=O) groups is 1. The molecular weight excluding hydrogens is 175 g/mol. The highest BCUT2D eigenvalue weighted by Gasteiger charge is 2.14. The number of aliphatic carboxylic acids is 1. The molecule has 1 aromatic heterocycles. The lowest BCUT2D eigenvalue weighted by Crippen LogP contribution is -2.32. The van der Waals surface area contributed by atoms with Gasteiger partial charge in [0.05, 0.1) is 0 Å². The maximum atomic E-state index is 12.9. The summed E-state index contributed by atoms with van der Waals surface area (Å²) in [6.07, 6.45) is 2.53. The molecule has 1 rings (SSSR count). The summed E-state index contributed by atoms with van der Waals surface area (Å²) in [6.45, 7) is 0. The van der Waals surface area contributed by atoms with Gasteiger partial charge in [0.1, 0.15) is 11.9 Å². The van der Waals surface area contributed by atoms with Crippen LogP contribution in [0.5, 0.6) is 0 Å². The number of hydrogen-bond donors (Lipinski definition) is 2. The second-order valence-electron chi connectivity index (χ2n) is 2.62. The van der Waals surface area contributed by atoms with Crippen LogP contribution in [-0.4, -0.2) is 22.1 Å². The number of rotatable bonds is 3. The van der Waals surface area contributed by atoms with Crippen LogP contribution in [0.3, 0.4) is 0 Å². The molecule has 1 heterocycles. The first-order valence-electron chi connectivity index (χ1n) is 3.68. The third-order valence-electron chi connectivity index (χ3n) is 1.60. The Bertz CT molecular complexity index is 317. The number of hydrogen-bond acceptors (Lipinski definition) is 3. The summed E-state index contributed by atoms with van der Waals surface area (Å²) in [5.74, 6) is -1.63. The van der Waals surface area contributed by atoms with Gasteiger partial charge in [0.15, 0.2) is 0 Å². The fourth-order valence-electron chi connectivity index (χ4n) is 0.885. The number of pyridine rings is 1. The fourth-order valence-corrected chi connectivity index (χ4v) is 0.885. The topological polar surface area (TPSA) is 76.2 Å². The summed E-state index contributed by atoms with van der Waals surface area (Å²) >= 11 is 0. The zero-order chi connectivity index (χ0) is 9.84. The summed E-state index contributed by atoms with van der Waals surface area (Å²) in [5, 5.41) is 8.47. The third kappa shape index (κ3) is 2.48. The van der Waals surface area contributed by atoms with Crippen molar-refractivity contribution in [2.24, 2.45) is 5.73 Å². The van der Waals surface area contributed by atoms with Crippen molar-refractivity contribution in [3.63, 3.8) is 0 Å². The molecular formula is C8H9FN2O2. The molecule has 70 valence electrons. The molecule has 0 bridgehead atoms. The van der Waals surface area contributed by atoms with Gasteiger partial charge in [0.25, 0.3) is 0 Å². The molecule has 0 saturated heterocycles. The summed E-state index contributed by atoms with van der Waals surface area (Å²) in [5.41, 5.74) is 5.44. The van der Waals surface area contributed by atoms with Gasteiger partial charge in [0, 0.05) is 24.4 Å². The number of carboxylic acids is 1. The number of halogens is 1. The SMILES string of the molecule is NC(Cc1cnccc1F)C(=O)O. The predicted octanol–water partition coefficient (Wildman–Crippen LogP) is 0.175. The highest BCUT2D eigenvalue weighted by atomic mass is 19.1. The van der Waals surface area contributed by atoms with E-state index in [0.29, 0.717) is 0 Å². The third-order valence-corrected chi connectivity index (χ3v) is 1.60. The molecule has 1 atom stereocenters. The second kappa shape index (κ2) is 3.95. The molecule has 0 fully saturated rings. The normalized spacial score (nSPS) is 12.5. The first-order chi connectivity index (χ1) is 6.11. The van der Waals surface area contributed by atoms with E-state index < -0.39 is 17.8 Å². The molecule has 1 unspecified atom stereocenters. The Morgan fingerprint density at radius 2 is 2.46 bits per heavy atom. The van der Waals surface area contributed by atoms with Crippen LogP contribution in [0.2, 0.25) is 0 Å². The van der Waals surface area contributed by atoms with Crippen molar-refractivity contribution in [2.45, 2.75) is 12.5 Å². The van der Waals surface area contributed by atoms with E-state index in [1.807, 2.05) is 0 Å². The Balaban J connectivity index is 2.74. The van der Waals surface area contributed by atoms with E-state index in [0.717, 1.165) is 0 Å². The standard InChI is InChI=1S/C8H9FN2O2/c9-6-1-2-11-4-5(6)3-7(10)8(12)13/h1-2,4,7H,3,10H2,(H,12,13). The van der Waals surface area contributed by atoms with Gasteiger partial charge in [-0.2, -0.15) is 0 Å². The molecule has 3 N–H and O–H groups in total. The Morgan fingerprint density at radius 1 is 1.77 bits per heavy atom. The Hall–Kier alpha value is -1.49. The van der Waals surface area contributed by atoms with Crippen molar-refractivity contribution < 1.29 is 14.3 Å². The van der Waals surface area contributed by atoms with Crippen LogP contribution in [0.25, 0.3) is 0 Å². The molecule has 0 radical (unpaired) electrons. The van der Waals surface area contributed by atoms with Crippen LogP contribution in [0.4, 0.5) is 4.39 Å². The number of nitrogens with zero attached hydrogens (tertiary/aromatic N) is 1. The van der Waals surface area contributed by atoms with E-state index in [1.165, 1.54) is 18.5 Å². The minimum absolute atomic E-state index is 0.0466. The molecule has 0 aromatic carbocycles. The van der Waals surface area contributed by atoms with Gasteiger partial charge < -0.3 is 10.8 Å². The van der Waals surface area contributed by atoms with Crippen LogP contribution in [0, 0.1) is 5.82 Å². The maximum absolute atomic E-state index is 12.9. The van der Waals surface area contributed by atoms with Gasteiger partial charge in [-0.15, -0.1) is 0 Å². The van der Waals surface area contributed by atoms with Crippen LogP contribution in [0.15, 0.2) is 18.5 Å². The van der Waals surface area contributed by atoms with Crippen LogP contribution in [-0.2, 0) is 11.2 Å². The Morgan fingerprint density at radius 3 is 3.00 bits per heavy atom. The fraction of sp³-hybridized carbons (Fsp3) is 0.250. The Labute approximate surface area is 74.2 Å². The van der Waals surface area contributed by atoms with E-state index in [-0.39, 0.29) is 12.0 Å². The van der Waals surface area contributed by atoms with Crippen LogP contribution >= 0.6 is 0 Å². The van der Waals surface area contributed by atoms with Crippen molar-refractivity contribution in [3.05, 3.63) is 29.8 Å². The maximum Gasteiger partial charge on any atom is 0.320 e. The molecule has 0 aliphatic heterocycles. The van der Waals surface area contributed by atoms with Gasteiger partial charge in [-0.1, -0.05) is 0 Å². The quantitative estimate of drug-likeness (QED) is 0.702. The van der Waals surface area contributed by atoms with Gasteiger partial charge in [-0.3, -0.25) is 9.78 Å². The van der Waals surface area contributed by atoms with E-state index in [9.17, 15) is 9.18 Å². The summed E-state index contributed by atoms with van der Waals surface area (Å²) < 4.78 is 12.9. The first kappa shape index (κ1) is 9.60. The Kier molecular flexibility index (Phi) is 2.92. The lowest BCUT2D eigenvalue weighted by molar-refractivity contribution is -0.138. The van der Waals surface area contributed by atoms with Gasteiger partial charge in [-0.05, 0) is 6.07 Å². The van der Waals surface area contributed by atoms with Crippen molar-refractivity contribution >= 4 is 5.97 Å². The number of nitrogens with two attached hydrogens (primary N) is 1. The van der Waals surface area contributed by atoms with Gasteiger partial charge in [0.2, 0.25) is 0 Å². The predicted molar refractivity (Wildman–Crippen MR) is 43.5 cm³/mol. The minimum atomic E-state index is -1.15. The smallest absolute Gasteiger partial charge is 0.320 e. The van der Waals surface area contributed by atoms with E-state index in [2.05, 4.69) is 4.98 Å². The second-order valence-corrected chi connectivity index (χ2v) is 2.62. The molecule has 0 spiro atoms. The lowest BCUT2D eigenvalue weighted by Gasteiger charge is -2.05. The average Bonchev–Trinajstić information content (AvgIpc) is 2.08. The minimum Gasteiger partial charge on any atom is -0.480 e. The molecule has 0 amide bonds. The van der Waals surface area contributed by atoms with Crippen molar-refractivity contribution in [1.82, 2.24) is 4.98 Å². The summed E-state index contributed by atoms with van der Waals surface area (Å²) in [7, 11) is 0. The zero-order valence-electron chi connectivity index (χ0n) is 6.77. The average molecular weight is 184 g/mol. The molecule has 4 nitrogen and oxygen atoms in total. The van der Waals surface area contributed by atoms with Crippen molar-refractivity contribution in [1.29, 1.82) is 0 Å². The molecule has 13 heavy (non-hydrogen) atoms. The molecule has 0 aliphatic rings. The molecule has 1 aromatic rings. The van der Waals surface area contributed by atoms with Crippen molar-refractivity contribution in [3.8, 4) is 0 Å². The van der Waals surface area contributed by atoms with E-state index in [4.69, 9.17) is 10.8 Å². The molecule has 0 aliphatic carbocycles. The highest BCUT2D eigenvalue weighted by Crippen LogP contribution is 2.06. The monoisotopic (exact) mass is 184 g/mol. The van der Waals surface area contributed by atoms with Gasteiger partial charge >= 0.3 is 5.97 Å². The summed E-state index contributed by atoms with van der Waals surface area (Å²) in [4.78, 5) is 14.0. The van der Waals surface area contributed by atoms with Gasteiger partial charge in [-0.25, -0.2) is 4.39 Å². The number of aromatic nitrogens is 1. The first-order valence-corrected chi connectivity index (χ1v) is 3.68. The van der Waals surface area contributed by atoms with E-state index >= 15 is 0 Å². The molecule has 0 saturated carbocycles. The van der Waals surface area contributed by atoms with Crippen molar-refractivity contribution in [2.75, 3.05) is 0 Å². The van der Waals surface area contributed by atoms with Crippen LogP contribution in [0.1, 0.15) is 5.56 Å². The molecule has 5 heteroatoms. The summed E-state index contributed by atoms with van der Waals surface area (Å²) in [6, 6.07) is 0.0860. The van der Waals surface area contributed by atoms with E-state index in [1.54, 1.807) is 0 Å². The zero-order valence-corrected chi connectivity index (χ0v) is 6.77.